The molecule has 0 aliphatic carbocycles. The molecular weight excluding hydrogens is 302 g/mol. The normalized spacial score (nSPS) is 23.2. The van der Waals surface area contributed by atoms with E-state index in [9.17, 15) is 4.79 Å². The number of esters is 1. The summed E-state index contributed by atoms with van der Waals surface area (Å²) in [5.74, 6) is -0.147. The molecule has 2 atom stereocenters. The highest BCUT2D eigenvalue weighted by molar-refractivity contribution is 5.72. The Morgan fingerprint density at radius 1 is 1.21 bits per heavy atom. The lowest BCUT2D eigenvalue weighted by Crippen LogP contribution is -2.57. The molecule has 2 unspecified atom stereocenters. The maximum absolute atomic E-state index is 12.1. The molecule has 1 heterocycles. The Balaban J connectivity index is 1.92. The second-order valence-electron chi connectivity index (χ2n) is 7.89. The topological polar surface area (TPSA) is 58.8 Å². The van der Waals surface area contributed by atoms with E-state index in [0.29, 0.717) is 18.6 Å². The fourth-order valence-electron chi connectivity index (χ4n) is 3.18. The summed E-state index contributed by atoms with van der Waals surface area (Å²) in [5.41, 5.74) is 7.48. The summed E-state index contributed by atoms with van der Waals surface area (Å²) >= 11 is 0. The standard InChI is InChI=1S/C19H31N3O2/c1-14-11-22(13-18(23)24-19(3,4)5)15(2)10-21(14)12-16-7-6-8-17(20)9-16/h6-9,14-15H,10-13,20H2,1-5H3. The maximum atomic E-state index is 12.1. The molecule has 0 amide bonds. The van der Waals surface area contributed by atoms with Gasteiger partial charge < -0.3 is 10.5 Å². The number of benzene rings is 1. The van der Waals surface area contributed by atoms with E-state index in [2.05, 4.69) is 29.7 Å². The molecule has 5 nitrogen and oxygen atoms in total. The Labute approximate surface area is 145 Å². The van der Waals surface area contributed by atoms with Crippen molar-refractivity contribution in [1.29, 1.82) is 0 Å². The van der Waals surface area contributed by atoms with Crippen molar-refractivity contribution in [2.75, 3.05) is 25.4 Å². The summed E-state index contributed by atoms with van der Waals surface area (Å²) in [6, 6.07) is 8.75. The van der Waals surface area contributed by atoms with E-state index in [4.69, 9.17) is 10.5 Å². The highest BCUT2D eigenvalue weighted by atomic mass is 16.6. The molecule has 0 radical (unpaired) electrons. The van der Waals surface area contributed by atoms with Gasteiger partial charge in [0.15, 0.2) is 0 Å². The van der Waals surface area contributed by atoms with Gasteiger partial charge >= 0.3 is 5.97 Å². The van der Waals surface area contributed by atoms with Crippen LogP contribution in [0.1, 0.15) is 40.2 Å². The van der Waals surface area contributed by atoms with E-state index in [1.165, 1.54) is 5.56 Å². The molecule has 2 rings (SSSR count). The predicted molar refractivity (Wildman–Crippen MR) is 97.6 cm³/mol. The molecule has 0 bridgehead atoms. The van der Waals surface area contributed by atoms with Crippen molar-refractivity contribution in [3.63, 3.8) is 0 Å². The average Bonchev–Trinajstić information content (AvgIpc) is 2.42. The number of nitrogens with two attached hydrogens (primary N) is 1. The minimum Gasteiger partial charge on any atom is -0.459 e. The van der Waals surface area contributed by atoms with Crippen molar-refractivity contribution >= 4 is 11.7 Å². The second kappa shape index (κ2) is 7.53. The summed E-state index contributed by atoms with van der Waals surface area (Å²) in [6.45, 7) is 13.1. The SMILES string of the molecule is CC1CN(Cc2cccc(N)c2)C(C)CN1CC(=O)OC(C)(C)C. The molecule has 0 spiro atoms. The van der Waals surface area contributed by atoms with Crippen LogP contribution >= 0.6 is 0 Å². The van der Waals surface area contributed by atoms with E-state index in [1.807, 2.05) is 39.0 Å². The van der Waals surface area contributed by atoms with Crippen molar-refractivity contribution in [1.82, 2.24) is 9.80 Å². The number of hydrogen-bond donors (Lipinski definition) is 1. The third-order valence-corrected chi connectivity index (χ3v) is 4.33. The molecule has 1 saturated heterocycles. The Morgan fingerprint density at radius 2 is 1.83 bits per heavy atom. The third kappa shape index (κ3) is 5.49. The fourth-order valence-corrected chi connectivity index (χ4v) is 3.18. The van der Waals surface area contributed by atoms with Gasteiger partial charge in [0.1, 0.15) is 5.60 Å². The van der Waals surface area contributed by atoms with Gasteiger partial charge in [-0.1, -0.05) is 12.1 Å². The fraction of sp³-hybridized carbons (Fsp3) is 0.632. The number of nitrogens with zero attached hydrogens (tertiary/aromatic N) is 2. The number of hydrogen-bond acceptors (Lipinski definition) is 5. The van der Waals surface area contributed by atoms with E-state index < -0.39 is 5.60 Å². The lowest BCUT2D eigenvalue weighted by molar-refractivity contribution is -0.157. The number of nitrogen functional groups attached to an aromatic ring is 1. The van der Waals surface area contributed by atoms with Crippen LogP contribution in [0.5, 0.6) is 0 Å². The predicted octanol–water partition coefficient (Wildman–Crippen LogP) is 2.51. The highest BCUT2D eigenvalue weighted by Crippen LogP contribution is 2.19. The summed E-state index contributed by atoms with van der Waals surface area (Å²) in [4.78, 5) is 16.8. The van der Waals surface area contributed by atoms with Gasteiger partial charge in [-0.25, -0.2) is 0 Å². The van der Waals surface area contributed by atoms with Crippen LogP contribution in [0.3, 0.4) is 0 Å². The molecule has 2 N–H and O–H groups in total. The highest BCUT2D eigenvalue weighted by Gasteiger charge is 2.31. The van der Waals surface area contributed by atoms with Crippen LogP contribution in [0.2, 0.25) is 0 Å². The van der Waals surface area contributed by atoms with Gasteiger partial charge in [0.25, 0.3) is 0 Å². The van der Waals surface area contributed by atoms with Gasteiger partial charge in [-0.05, 0) is 52.3 Å². The van der Waals surface area contributed by atoms with Crippen LogP contribution in [-0.4, -0.2) is 53.1 Å². The first kappa shape index (κ1) is 18.7. The zero-order valence-corrected chi connectivity index (χ0v) is 15.6. The molecular formula is C19H31N3O2. The monoisotopic (exact) mass is 333 g/mol. The molecule has 1 fully saturated rings. The number of carbonyl (C=O) groups excluding carboxylic acids is 1. The molecule has 0 aromatic heterocycles. The summed E-state index contributed by atoms with van der Waals surface area (Å²) in [5, 5.41) is 0. The maximum Gasteiger partial charge on any atom is 0.320 e. The lowest BCUT2D eigenvalue weighted by Gasteiger charge is -2.44. The first-order valence-electron chi connectivity index (χ1n) is 8.68. The van der Waals surface area contributed by atoms with Crippen LogP contribution in [0.15, 0.2) is 24.3 Å². The summed E-state index contributed by atoms with van der Waals surface area (Å²) < 4.78 is 5.45. The van der Waals surface area contributed by atoms with Crippen LogP contribution in [-0.2, 0) is 16.1 Å². The number of rotatable bonds is 4. The van der Waals surface area contributed by atoms with E-state index in [0.717, 1.165) is 25.3 Å². The van der Waals surface area contributed by atoms with E-state index >= 15 is 0 Å². The molecule has 1 aliphatic rings. The molecule has 1 aliphatic heterocycles. The van der Waals surface area contributed by atoms with Crippen molar-refractivity contribution in [2.24, 2.45) is 0 Å². The van der Waals surface area contributed by atoms with Gasteiger partial charge in [0, 0.05) is 37.4 Å². The Bertz CT molecular complexity index is 568. The largest absolute Gasteiger partial charge is 0.459 e. The van der Waals surface area contributed by atoms with Gasteiger partial charge in [-0.15, -0.1) is 0 Å². The zero-order chi connectivity index (χ0) is 17.9. The average molecular weight is 333 g/mol. The van der Waals surface area contributed by atoms with Crippen molar-refractivity contribution in [2.45, 2.75) is 58.8 Å². The first-order chi connectivity index (χ1) is 11.1. The number of piperazine rings is 1. The van der Waals surface area contributed by atoms with Gasteiger partial charge in [-0.2, -0.15) is 0 Å². The molecule has 134 valence electrons. The van der Waals surface area contributed by atoms with Gasteiger partial charge in [0.2, 0.25) is 0 Å². The molecule has 0 saturated carbocycles. The van der Waals surface area contributed by atoms with Gasteiger partial charge in [-0.3, -0.25) is 14.6 Å². The summed E-state index contributed by atoms with van der Waals surface area (Å²) in [6.07, 6.45) is 0. The van der Waals surface area contributed by atoms with E-state index in [-0.39, 0.29) is 5.97 Å². The molecule has 24 heavy (non-hydrogen) atoms. The van der Waals surface area contributed by atoms with Crippen molar-refractivity contribution in [3.05, 3.63) is 29.8 Å². The van der Waals surface area contributed by atoms with Crippen molar-refractivity contribution in [3.8, 4) is 0 Å². The van der Waals surface area contributed by atoms with E-state index in [1.54, 1.807) is 0 Å². The molecule has 5 heteroatoms. The minimum atomic E-state index is -0.430. The third-order valence-electron chi connectivity index (χ3n) is 4.33. The Kier molecular flexibility index (Phi) is 5.88. The van der Waals surface area contributed by atoms with Gasteiger partial charge in [0.05, 0.1) is 6.54 Å². The number of ether oxygens (including phenoxy) is 1. The van der Waals surface area contributed by atoms with Crippen molar-refractivity contribution < 1.29 is 9.53 Å². The lowest BCUT2D eigenvalue weighted by atomic mass is 10.1. The Morgan fingerprint density at radius 3 is 2.46 bits per heavy atom. The zero-order valence-electron chi connectivity index (χ0n) is 15.6. The van der Waals surface area contributed by atoms with Crippen LogP contribution in [0.25, 0.3) is 0 Å². The molecule has 1 aromatic carbocycles. The Hall–Kier alpha value is -1.59. The smallest absolute Gasteiger partial charge is 0.320 e. The number of carbonyl (C=O) groups is 1. The summed E-state index contributed by atoms with van der Waals surface area (Å²) in [7, 11) is 0. The second-order valence-corrected chi connectivity index (χ2v) is 7.89. The van der Waals surface area contributed by atoms with Crippen LogP contribution in [0.4, 0.5) is 5.69 Å². The quantitative estimate of drug-likeness (QED) is 0.678. The number of anilines is 1. The van der Waals surface area contributed by atoms with Crippen LogP contribution < -0.4 is 5.73 Å². The minimum absolute atomic E-state index is 0.147. The molecule has 1 aromatic rings. The first-order valence-corrected chi connectivity index (χ1v) is 8.68. The van der Waals surface area contributed by atoms with Crippen LogP contribution in [0, 0.1) is 0 Å².